The summed E-state index contributed by atoms with van der Waals surface area (Å²) in [6, 6.07) is 9.06. The third kappa shape index (κ3) is 3.89. The van der Waals surface area contributed by atoms with Gasteiger partial charge in [-0.3, -0.25) is 4.79 Å². The maximum Gasteiger partial charge on any atom is 0.257 e. The van der Waals surface area contributed by atoms with Crippen LogP contribution < -0.4 is 5.32 Å². The highest BCUT2D eigenvalue weighted by Crippen LogP contribution is 2.21. The van der Waals surface area contributed by atoms with Crippen molar-refractivity contribution in [3.8, 4) is 0 Å². The molecular weight excluding hydrogens is 408 g/mol. The zero-order valence-corrected chi connectivity index (χ0v) is 14.1. The van der Waals surface area contributed by atoms with E-state index in [4.69, 9.17) is 0 Å². The molecule has 0 spiro atoms. The van der Waals surface area contributed by atoms with E-state index >= 15 is 0 Å². The van der Waals surface area contributed by atoms with Gasteiger partial charge in [-0.05, 0) is 36.8 Å². The quantitative estimate of drug-likeness (QED) is 0.748. The second-order valence-electron chi connectivity index (χ2n) is 4.49. The Hall–Kier alpha value is -1.27. The van der Waals surface area contributed by atoms with Gasteiger partial charge in [-0.25, -0.2) is 8.78 Å². The van der Waals surface area contributed by atoms with E-state index in [1.165, 1.54) is 0 Å². The lowest BCUT2D eigenvalue weighted by atomic mass is 10.1. The van der Waals surface area contributed by atoms with Gasteiger partial charge in [0.25, 0.3) is 5.91 Å². The summed E-state index contributed by atoms with van der Waals surface area (Å²) in [6.45, 7) is 1.75. The van der Waals surface area contributed by atoms with Crippen molar-refractivity contribution in [3.63, 3.8) is 0 Å². The Balaban J connectivity index is 2.20. The highest BCUT2D eigenvalue weighted by molar-refractivity contribution is 9.10. The van der Waals surface area contributed by atoms with Crippen molar-refractivity contribution in [1.82, 2.24) is 5.32 Å². The molecule has 21 heavy (non-hydrogen) atoms. The molecule has 2 rings (SSSR count). The van der Waals surface area contributed by atoms with Gasteiger partial charge in [-0.15, -0.1) is 0 Å². The van der Waals surface area contributed by atoms with Gasteiger partial charge in [0.15, 0.2) is 0 Å². The Labute approximate surface area is 137 Å². The SMILES string of the molecule is C[C@@H](NC(=O)c1c(F)cc(Br)cc1F)c1ccc(Br)cc1. The number of amides is 1. The van der Waals surface area contributed by atoms with Gasteiger partial charge in [0.05, 0.1) is 6.04 Å². The second-order valence-corrected chi connectivity index (χ2v) is 6.32. The number of benzene rings is 2. The van der Waals surface area contributed by atoms with Gasteiger partial charge < -0.3 is 5.32 Å². The minimum atomic E-state index is -0.901. The van der Waals surface area contributed by atoms with Crippen LogP contribution in [-0.2, 0) is 0 Å². The fourth-order valence-corrected chi connectivity index (χ4v) is 2.53. The zero-order chi connectivity index (χ0) is 15.6. The monoisotopic (exact) mass is 417 g/mol. The summed E-state index contributed by atoms with van der Waals surface area (Å²) < 4.78 is 28.6. The second kappa shape index (κ2) is 6.66. The Morgan fingerprint density at radius 2 is 1.57 bits per heavy atom. The molecule has 1 N–H and O–H groups in total. The molecule has 0 saturated carbocycles. The molecule has 0 unspecified atom stereocenters. The first-order valence-electron chi connectivity index (χ1n) is 6.09. The summed E-state index contributed by atoms with van der Waals surface area (Å²) in [4.78, 5) is 12.0. The molecule has 0 aromatic heterocycles. The lowest BCUT2D eigenvalue weighted by Crippen LogP contribution is -2.28. The number of carbonyl (C=O) groups excluding carboxylic acids is 1. The third-order valence-corrected chi connectivity index (χ3v) is 3.94. The van der Waals surface area contributed by atoms with E-state index in [2.05, 4.69) is 37.2 Å². The maximum atomic E-state index is 13.7. The molecule has 0 saturated heterocycles. The molecule has 0 aliphatic heterocycles. The predicted molar refractivity (Wildman–Crippen MR) is 84.1 cm³/mol. The number of hydrogen-bond donors (Lipinski definition) is 1. The van der Waals surface area contributed by atoms with E-state index in [0.29, 0.717) is 0 Å². The number of halogens is 4. The van der Waals surface area contributed by atoms with Crippen molar-refractivity contribution in [2.24, 2.45) is 0 Å². The van der Waals surface area contributed by atoms with Crippen molar-refractivity contribution in [2.45, 2.75) is 13.0 Å². The first-order valence-corrected chi connectivity index (χ1v) is 7.68. The largest absolute Gasteiger partial charge is 0.345 e. The van der Waals surface area contributed by atoms with Crippen LogP contribution >= 0.6 is 31.9 Å². The van der Waals surface area contributed by atoms with Crippen LogP contribution in [0.1, 0.15) is 28.9 Å². The summed E-state index contributed by atoms with van der Waals surface area (Å²) in [7, 11) is 0. The molecule has 0 bridgehead atoms. The minimum Gasteiger partial charge on any atom is -0.345 e. The molecule has 1 atom stereocenters. The average Bonchev–Trinajstić information content (AvgIpc) is 2.37. The molecule has 6 heteroatoms. The molecule has 2 nitrogen and oxygen atoms in total. The van der Waals surface area contributed by atoms with Gasteiger partial charge in [0.2, 0.25) is 0 Å². The molecular formula is C15H11Br2F2NO. The van der Waals surface area contributed by atoms with Crippen LogP contribution in [0.4, 0.5) is 8.78 Å². The Morgan fingerprint density at radius 1 is 1.05 bits per heavy atom. The molecule has 0 radical (unpaired) electrons. The van der Waals surface area contributed by atoms with Crippen molar-refractivity contribution < 1.29 is 13.6 Å². The summed E-state index contributed by atoms with van der Waals surface area (Å²) >= 11 is 6.29. The van der Waals surface area contributed by atoms with Gasteiger partial charge in [-0.2, -0.15) is 0 Å². The lowest BCUT2D eigenvalue weighted by Gasteiger charge is -2.15. The molecule has 0 heterocycles. The summed E-state index contributed by atoms with van der Waals surface area (Å²) in [6.07, 6.45) is 0. The van der Waals surface area contributed by atoms with Gasteiger partial charge in [0, 0.05) is 8.95 Å². The Morgan fingerprint density at radius 3 is 2.10 bits per heavy atom. The van der Waals surface area contributed by atoms with E-state index < -0.39 is 23.1 Å². The standard InChI is InChI=1S/C15H11Br2F2NO/c1-8(9-2-4-10(16)5-3-9)20-15(21)14-12(18)6-11(17)7-13(14)19/h2-8H,1H3,(H,20,21)/t8-/m1/s1. The van der Waals surface area contributed by atoms with Gasteiger partial charge in [-0.1, -0.05) is 44.0 Å². The molecule has 2 aromatic rings. The summed E-state index contributed by atoms with van der Waals surface area (Å²) in [5.41, 5.74) is 0.256. The van der Waals surface area contributed by atoms with E-state index in [9.17, 15) is 13.6 Å². The van der Waals surface area contributed by atoms with E-state index in [-0.39, 0.29) is 10.5 Å². The smallest absolute Gasteiger partial charge is 0.257 e. The van der Waals surface area contributed by atoms with Crippen LogP contribution in [0, 0.1) is 11.6 Å². The van der Waals surface area contributed by atoms with Crippen LogP contribution in [0.15, 0.2) is 45.3 Å². The Kier molecular flexibility index (Phi) is 5.11. The van der Waals surface area contributed by atoms with E-state index in [1.54, 1.807) is 6.92 Å². The summed E-state index contributed by atoms with van der Waals surface area (Å²) in [5.74, 6) is -2.59. The highest BCUT2D eigenvalue weighted by Gasteiger charge is 2.20. The average molecular weight is 419 g/mol. The molecule has 110 valence electrons. The van der Waals surface area contributed by atoms with Crippen molar-refractivity contribution >= 4 is 37.8 Å². The number of hydrogen-bond acceptors (Lipinski definition) is 1. The number of carbonyl (C=O) groups is 1. The highest BCUT2D eigenvalue weighted by atomic mass is 79.9. The summed E-state index contributed by atoms with van der Waals surface area (Å²) in [5, 5.41) is 2.58. The normalized spacial score (nSPS) is 12.0. The molecule has 0 aliphatic rings. The van der Waals surface area contributed by atoms with Crippen LogP contribution in [-0.4, -0.2) is 5.91 Å². The Bertz CT molecular complexity index is 651. The lowest BCUT2D eigenvalue weighted by molar-refractivity contribution is 0.0931. The van der Waals surface area contributed by atoms with Gasteiger partial charge in [0.1, 0.15) is 17.2 Å². The number of nitrogens with one attached hydrogen (secondary N) is 1. The number of rotatable bonds is 3. The van der Waals surface area contributed by atoms with Gasteiger partial charge >= 0.3 is 0 Å². The predicted octanol–water partition coefficient (Wildman–Crippen LogP) is 4.98. The third-order valence-electron chi connectivity index (χ3n) is 2.95. The first-order chi connectivity index (χ1) is 9.88. The van der Waals surface area contributed by atoms with Crippen LogP contribution in [0.5, 0.6) is 0 Å². The fraction of sp³-hybridized carbons (Fsp3) is 0.133. The minimum absolute atomic E-state index is 0.245. The van der Waals surface area contributed by atoms with Crippen molar-refractivity contribution in [1.29, 1.82) is 0 Å². The van der Waals surface area contributed by atoms with Crippen LogP contribution in [0.3, 0.4) is 0 Å². The molecule has 1 amide bonds. The fourth-order valence-electron chi connectivity index (χ4n) is 1.86. The van der Waals surface area contributed by atoms with Crippen molar-refractivity contribution in [2.75, 3.05) is 0 Å². The van der Waals surface area contributed by atoms with E-state index in [1.807, 2.05) is 24.3 Å². The van der Waals surface area contributed by atoms with Crippen LogP contribution in [0.2, 0.25) is 0 Å². The topological polar surface area (TPSA) is 29.1 Å². The zero-order valence-electron chi connectivity index (χ0n) is 11.0. The van der Waals surface area contributed by atoms with Crippen LogP contribution in [0.25, 0.3) is 0 Å². The maximum absolute atomic E-state index is 13.7. The van der Waals surface area contributed by atoms with E-state index in [0.717, 1.165) is 22.2 Å². The molecule has 2 aromatic carbocycles. The molecule has 0 aliphatic carbocycles. The molecule has 0 fully saturated rings. The first kappa shape index (κ1) is 16.1. The van der Waals surface area contributed by atoms with Crippen molar-refractivity contribution in [3.05, 3.63) is 68.1 Å².